The van der Waals surface area contributed by atoms with Crippen LogP contribution in [0.25, 0.3) is 0 Å². The Bertz CT molecular complexity index is 839. The summed E-state index contributed by atoms with van der Waals surface area (Å²) in [5, 5.41) is 10.3. The summed E-state index contributed by atoms with van der Waals surface area (Å²) in [6, 6.07) is 15.7. The van der Waals surface area contributed by atoms with E-state index in [0.29, 0.717) is 17.5 Å². The normalized spacial score (nSPS) is 12.2. The molecule has 0 spiro atoms. The van der Waals surface area contributed by atoms with Crippen LogP contribution in [0.2, 0.25) is 0 Å². The number of rotatable bonds is 7. The van der Waals surface area contributed by atoms with Crippen LogP contribution in [-0.2, 0) is 4.84 Å². The number of anilines is 1. The first kappa shape index (κ1) is 23.5. The SMILES string of the molecule is CC(C)c1cccc(C(C)C)c1NC(=O)NCC(=NOC(C)(C)C)c1ccccc1. The lowest BCUT2D eigenvalue weighted by Crippen LogP contribution is -2.34. The third kappa shape index (κ3) is 6.90. The van der Waals surface area contributed by atoms with Gasteiger partial charge in [0, 0.05) is 11.3 Å². The molecule has 0 aromatic heterocycles. The van der Waals surface area contributed by atoms with Crippen LogP contribution in [0.3, 0.4) is 0 Å². The third-order valence-corrected chi connectivity index (χ3v) is 4.56. The monoisotopic (exact) mass is 409 g/mol. The van der Waals surface area contributed by atoms with Crippen LogP contribution < -0.4 is 10.6 Å². The van der Waals surface area contributed by atoms with Gasteiger partial charge in [0.1, 0.15) is 11.3 Å². The van der Waals surface area contributed by atoms with Gasteiger partial charge in [-0.05, 0) is 43.7 Å². The molecule has 2 rings (SSSR count). The Morgan fingerprint density at radius 1 is 0.933 bits per heavy atom. The fourth-order valence-electron chi connectivity index (χ4n) is 3.03. The molecule has 2 aromatic carbocycles. The zero-order valence-corrected chi connectivity index (χ0v) is 19.2. The number of hydrogen-bond acceptors (Lipinski definition) is 3. The summed E-state index contributed by atoms with van der Waals surface area (Å²) >= 11 is 0. The minimum Gasteiger partial charge on any atom is -0.390 e. The van der Waals surface area contributed by atoms with Crippen LogP contribution >= 0.6 is 0 Å². The molecule has 0 bridgehead atoms. The number of nitrogens with zero attached hydrogens (tertiary/aromatic N) is 1. The van der Waals surface area contributed by atoms with Crippen molar-refractivity contribution in [3.63, 3.8) is 0 Å². The smallest absolute Gasteiger partial charge is 0.319 e. The van der Waals surface area contributed by atoms with E-state index in [4.69, 9.17) is 4.84 Å². The molecule has 0 aliphatic heterocycles. The van der Waals surface area contributed by atoms with E-state index in [2.05, 4.69) is 61.7 Å². The highest BCUT2D eigenvalue weighted by Gasteiger charge is 2.17. The number of urea groups is 1. The number of nitrogens with one attached hydrogen (secondary N) is 2. The summed E-state index contributed by atoms with van der Waals surface area (Å²) in [5.74, 6) is 0.612. The van der Waals surface area contributed by atoms with E-state index in [9.17, 15) is 4.79 Å². The zero-order chi connectivity index (χ0) is 22.3. The number of benzene rings is 2. The van der Waals surface area contributed by atoms with Crippen molar-refractivity contribution in [2.24, 2.45) is 5.16 Å². The maximum absolute atomic E-state index is 12.8. The second-order valence-electron chi connectivity index (χ2n) is 9.04. The standard InChI is InChI=1S/C25H35N3O2/c1-17(2)20-14-11-15-21(18(3)4)23(20)27-24(29)26-16-22(28-30-25(5,6)7)19-12-9-8-10-13-19/h8-15,17-18H,16H2,1-7H3,(H2,26,27,29). The predicted molar refractivity (Wildman–Crippen MR) is 125 cm³/mol. The summed E-state index contributed by atoms with van der Waals surface area (Å²) in [7, 11) is 0. The van der Waals surface area contributed by atoms with Gasteiger partial charge in [-0.25, -0.2) is 4.79 Å². The molecular weight excluding hydrogens is 374 g/mol. The van der Waals surface area contributed by atoms with Gasteiger partial charge in [0.2, 0.25) is 0 Å². The van der Waals surface area contributed by atoms with Gasteiger partial charge in [0.15, 0.2) is 0 Å². The number of hydrogen-bond donors (Lipinski definition) is 2. The summed E-state index contributed by atoms with van der Waals surface area (Å²) in [6.07, 6.45) is 0. The molecule has 0 aliphatic rings. The molecule has 5 nitrogen and oxygen atoms in total. The number of carbonyl (C=O) groups excluding carboxylic acids is 1. The van der Waals surface area contributed by atoms with Crippen molar-refractivity contribution < 1.29 is 9.63 Å². The molecular formula is C25H35N3O2. The van der Waals surface area contributed by atoms with Crippen molar-refractivity contribution in [2.75, 3.05) is 11.9 Å². The van der Waals surface area contributed by atoms with Crippen molar-refractivity contribution in [1.82, 2.24) is 5.32 Å². The van der Waals surface area contributed by atoms with Gasteiger partial charge in [-0.1, -0.05) is 81.4 Å². The summed E-state index contributed by atoms with van der Waals surface area (Å²) in [5.41, 5.74) is 4.32. The van der Waals surface area contributed by atoms with Gasteiger partial charge >= 0.3 is 6.03 Å². The van der Waals surface area contributed by atoms with E-state index < -0.39 is 5.60 Å². The van der Waals surface area contributed by atoms with Crippen LogP contribution in [0.1, 0.15) is 77.0 Å². The first-order chi connectivity index (χ1) is 14.1. The van der Waals surface area contributed by atoms with Crippen LogP contribution in [-0.4, -0.2) is 23.9 Å². The highest BCUT2D eigenvalue weighted by molar-refractivity contribution is 6.04. The zero-order valence-electron chi connectivity index (χ0n) is 19.2. The van der Waals surface area contributed by atoms with E-state index in [1.165, 1.54) is 0 Å². The van der Waals surface area contributed by atoms with E-state index in [0.717, 1.165) is 22.4 Å². The lowest BCUT2D eigenvalue weighted by Gasteiger charge is -2.21. The minimum absolute atomic E-state index is 0.257. The molecule has 2 amide bonds. The van der Waals surface area contributed by atoms with Gasteiger partial charge in [0.05, 0.1) is 6.54 Å². The van der Waals surface area contributed by atoms with Crippen LogP contribution in [0, 0.1) is 0 Å². The largest absolute Gasteiger partial charge is 0.390 e. The number of amides is 2. The molecule has 0 atom stereocenters. The molecule has 0 unspecified atom stereocenters. The molecule has 0 saturated carbocycles. The molecule has 30 heavy (non-hydrogen) atoms. The quantitative estimate of drug-likeness (QED) is 0.418. The van der Waals surface area contributed by atoms with E-state index in [1.54, 1.807) is 0 Å². The Morgan fingerprint density at radius 2 is 1.50 bits per heavy atom. The summed E-state index contributed by atoms with van der Waals surface area (Å²) in [6.45, 7) is 14.6. The predicted octanol–water partition coefficient (Wildman–Crippen LogP) is 6.27. The number of oxime groups is 1. The van der Waals surface area contributed by atoms with E-state index in [1.807, 2.05) is 51.1 Å². The molecule has 0 heterocycles. The third-order valence-electron chi connectivity index (χ3n) is 4.56. The van der Waals surface area contributed by atoms with Gasteiger partial charge in [-0.15, -0.1) is 0 Å². The Balaban J connectivity index is 2.19. The molecule has 0 saturated heterocycles. The molecule has 162 valence electrons. The molecule has 5 heteroatoms. The van der Waals surface area contributed by atoms with Crippen molar-refractivity contribution in [1.29, 1.82) is 0 Å². The van der Waals surface area contributed by atoms with Crippen molar-refractivity contribution in [3.8, 4) is 0 Å². The van der Waals surface area contributed by atoms with Gasteiger partial charge < -0.3 is 15.5 Å². The molecule has 0 aliphatic carbocycles. The highest BCUT2D eigenvalue weighted by Crippen LogP contribution is 2.32. The number of carbonyl (C=O) groups is 1. The Labute approximate surface area is 180 Å². The fraction of sp³-hybridized carbons (Fsp3) is 0.440. The minimum atomic E-state index is -0.412. The maximum Gasteiger partial charge on any atom is 0.319 e. The fourth-order valence-corrected chi connectivity index (χ4v) is 3.03. The average Bonchev–Trinajstić information content (AvgIpc) is 2.67. The molecule has 0 radical (unpaired) electrons. The lowest BCUT2D eigenvalue weighted by molar-refractivity contribution is 0.000826. The van der Waals surface area contributed by atoms with Crippen molar-refractivity contribution in [3.05, 3.63) is 65.2 Å². The second kappa shape index (κ2) is 10.3. The maximum atomic E-state index is 12.8. The van der Waals surface area contributed by atoms with Crippen molar-refractivity contribution in [2.45, 2.75) is 65.9 Å². The summed E-state index contributed by atoms with van der Waals surface area (Å²) in [4.78, 5) is 18.4. The lowest BCUT2D eigenvalue weighted by atomic mass is 9.93. The van der Waals surface area contributed by atoms with Crippen LogP contribution in [0.5, 0.6) is 0 Å². The Kier molecular flexibility index (Phi) is 8.04. The Hall–Kier alpha value is -2.82. The van der Waals surface area contributed by atoms with Crippen LogP contribution in [0.15, 0.2) is 53.7 Å². The van der Waals surface area contributed by atoms with E-state index in [-0.39, 0.29) is 12.6 Å². The molecule has 2 aromatic rings. The van der Waals surface area contributed by atoms with Gasteiger partial charge in [0.25, 0.3) is 0 Å². The second-order valence-corrected chi connectivity index (χ2v) is 9.04. The highest BCUT2D eigenvalue weighted by atomic mass is 16.6. The summed E-state index contributed by atoms with van der Waals surface area (Å²) < 4.78 is 0. The van der Waals surface area contributed by atoms with Gasteiger partial charge in [-0.2, -0.15) is 0 Å². The first-order valence-corrected chi connectivity index (χ1v) is 10.6. The first-order valence-electron chi connectivity index (χ1n) is 10.6. The van der Waals surface area contributed by atoms with E-state index >= 15 is 0 Å². The average molecular weight is 410 g/mol. The van der Waals surface area contributed by atoms with Gasteiger partial charge in [-0.3, -0.25) is 0 Å². The topological polar surface area (TPSA) is 62.7 Å². The molecule has 2 N–H and O–H groups in total. The van der Waals surface area contributed by atoms with Crippen LogP contribution in [0.4, 0.5) is 10.5 Å². The number of para-hydroxylation sites is 1. The van der Waals surface area contributed by atoms with Crippen molar-refractivity contribution >= 4 is 17.4 Å². The Morgan fingerprint density at radius 3 is 2.00 bits per heavy atom. The molecule has 0 fully saturated rings.